The van der Waals surface area contributed by atoms with Crippen molar-refractivity contribution in [2.24, 2.45) is 0 Å². The summed E-state index contributed by atoms with van der Waals surface area (Å²) in [5, 5.41) is 9.72. The molecule has 0 atom stereocenters. The maximum atomic E-state index is 6.20. The highest BCUT2D eigenvalue weighted by atomic mass is 35.5. The molecule has 1 N–H and O–H groups in total. The number of H-pyrrole nitrogens is 1. The van der Waals surface area contributed by atoms with Gasteiger partial charge in [0.15, 0.2) is 0 Å². The number of hydrogen-bond acceptors (Lipinski definition) is 4. The lowest BCUT2D eigenvalue weighted by Crippen LogP contribution is -2.00. The molecule has 2 heterocycles. The summed E-state index contributed by atoms with van der Waals surface area (Å²) in [5.74, 6) is 1.36. The molecule has 0 aliphatic heterocycles. The SMILES string of the molecule is S=c1[nH]nc(Cn2c3ccccc3c3c(OCc4ccc(Cl)cc4)cccc32)o1. The minimum Gasteiger partial charge on any atom is -0.488 e. The van der Waals surface area contributed by atoms with E-state index in [2.05, 4.69) is 33.0 Å². The summed E-state index contributed by atoms with van der Waals surface area (Å²) in [5.41, 5.74) is 3.18. The average molecular weight is 422 g/mol. The summed E-state index contributed by atoms with van der Waals surface area (Å²) >= 11 is 11.0. The molecular weight excluding hydrogens is 406 g/mol. The van der Waals surface area contributed by atoms with Crippen LogP contribution in [0.15, 0.2) is 71.1 Å². The molecule has 0 aliphatic rings. The molecule has 0 saturated heterocycles. The van der Waals surface area contributed by atoms with E-state index in [0.29, 0.717) is 24.1 Å². The van der Waals surface area contributed by atoms with E-state index in [1.165, 1.54) is 0 Å². The molecule has 29 heavy (non-hydrogen) atoms. The van der Waals surface area contributed by atoms with Crippen LogP contribution in [0.5, 0.6) is 5.75 Å². The van der Waals surface area contributed by atoms with Gasteiger partial charge >= 0.3 is 0 Å². The fourth-order valence-corrected chi connectivity index (χ4v) is 3.83. The van der Waals surface area contributed by atoms with Gasteiger partial charge in [-0.1, -0.05) is 48.0 Å². The Morgan fingerprint density at radius 1 is 1.00 bits per heavy atom. The Hall–Kier alpha value is -3.09. The molecule has 0 spiro atoms. The Morgan fingerprint density at radius 2 is 1.79 bits per heavy atom. The van der Waals surface area contributed by atoms with Gasteiger partial charge in [-0.3, -0.25) is 0 Å². The normalized spacial score (nSPS) is 11.3. The minimum atomic E-state index is 0.271. The van der Waals surface area contributed by atoms with Crippen molar-refractivity contribution in [2.45, 2.75) is 13.2 Å². The van der Waals surface area contributed by atoms with E-state index in [-0.39, 0.29) is 4.84 Å². The summed E-state index contributed by atoms with van der Waals surface area (Å²) in [6.45, 7) is 0.932. The first-order chi connectivity index (χ1) is 14.2. The molecule has 5 rings (SSSR count). The molecule has 0 aliphatic carbocycles. The average Bonchev–Trinajstić information content (AvgIpc) is 3.30. The van der Waals surface area contributed by atoms with Gasteiger partial charge in [0.05, 0.1) is 5.52 Å². The molecule has 144 valence electrons. The number of fused-ring (bicyclic) bond motifs is 3. The van der Waals surface area contributed by atoms with Crippen LogP contribution in [-0.2, 0) is 13.2 Å². The van der Waals surface area contributed by atoms with Crippen molar-refractivity contribution in [3.63, 3.8) is 0 Å². The highest BCUT2D eigenvalue weighted by Crippen LogP contribution is 2.36. The fourth-order valence-electron chi connectivity index (χ4n) is 3.56. The van der Waals surface area contributed by atoms with E-state index in [0.717, 1.165) is 33.1 Å². The Bertz CT molecular complexity index is 1370. The van der Waals surface area contributed by atoms with Crippen molar-refractivity contribution >= 4 is 45.6 Å². The van der Waals surface area contributed by atoms with Crippen LogP contribution in [0.1, 0.15) is 11.5 Å². The molecule has 0 saturated carbocycles. The zero-order valence-electron chi connectivity index (χ0n) is 15.3. The van der Waals surface area contributed by atoms with Crippen LogP contribution < -0.4 is 4.74 Å². The first-order valence-corrected chi connectivity index (χ1v) is 9.89. The molecule has 5 nitrogen and oxygen atoms in total. The third kappa shape index (κ3) is 3.41. The molecule has 5 aromatic rings. The van der Waals surface area contributed by atoms with Gasteiger partial charge in [-0.05, 0) is 48.1 Å². The number of aromatic amines is 1. The number of nitrogens with zero attached hydrogens (tertiary/aromatic N) is 2. The van der Waals surface area contributed by atoms with Crippen molar-refractivity contribution in [1.29, 1.82) is 0 Å². The zero-order chi connectivity index (χ0) is 19.8. The third-order valence-corrected chi connectivity index (χ3v) is 5.27. The van der Waals surface area contributed by atoms with Gasteiger partial charge in [0.25, 0.3) is 4.84 Å². The molecule has 0 radical (unpaired) electrons. The lowest BCUT2D eigenvalue weighted by atomic mass is 10.1. The van der Waals surface area contributed by atoms with E-state index in [1.807, 2.05) is 48.5 Å². The number of para-hydroxylation sites is 1. The van der Waals surface area contributed by atoms with Crippen LogP contribution in [0, 0.1) is 4.84 Å². The molecule has 7 heteroatoms. The third-order valence-electron chi connectivity index (χ3n) is 4.84. The van der Waals surface area contributed by atoms with Gasteiger partial charge in [0.2, 0.25) is 5.89 Å². The predicted octanol–water partition coefficient (Wildman–Crippen LogP) is 6.12. The number of benzene rings is 3. The Morgan fingerprint density at radius 3 is 2.59 bits per heavy atom. The number of ether oxygens (including phenoxy) is 1. The van der Waals surface area contributed by atoms with Crippen LogP contribution in [0.25, 0.3) is 21.8 Å². The quantitative estimate of drug-likeness (QED) is 0.347. The Balaban J connectivity index is 1.60. The van der Waals surface area contributed by atoms with Gasteiger partial charge in [-0.2, -0.15) is 0 Å². The van der Waals surface area contributed by atoms with Gasteiger partial charge in [-0.25, -0.2) is 5.10 Å². The van der Waals surface area contributed by atoms with Gasteiger partial charge in [0, 0.05) is 21.3 Å². The lowest BCUT2D eigenvalue weighted by molar-refractivity contribution is 0.310. The molecule has 3 aromatic carbocycles. The predicted molar refractivity (Wildman–Crippen MR) is 116 cm³/mol. The van der Waals surface area contributed by atoms with Crippen molar-refractivity contribution in [3.8, 4) is 5.75 Å². The van der Waals surface area contributed by atoms with Crippen molar-refractivity contribution in [1.82, 2.24) is 14.8 Å². The molecule has 0 amide bonds. The monoisotopic (exact) mass is 421 g/mol. The largest absolute Gasteiger partial charge is 0.488 e. The number of halogens is 1. The van der Waals surface area contributed by atoms with E-state index in [9.17, 15) is 0 Å². The fraction of sp³-hybridized carbons (Fsp3) is 0.0909. The van der Waals surface area contributed by atoms with E-state index in [4.69, 9.17) is 33.0 Å². The minimum absolute atomic E-state index is 0.271. The number of nitrogens with one attached hydrogen (secondary N) is 1. The maximum Gasteiger partial charge on any atom is 0.284 e. The number of rotatable bonds is 5. The van der Waals surface area contributed by atoms with E-state index < -0.39 is 0 Å². The first-order valence-electron chi connectivity index (χ1n) is 9.10. The van der Waals surface area contributed by atoms with Crippen LogP contribution in [0.3, 0.4) is 0 Å². The standard InChI is InChI=1S/C22H16ClN3O2S/c23-15-10-8-14(9-11-15)13-27-19-7-3-6-18-21(19)16-4-1-2-5-17(16)26(18)12-20-24-25-22(29)28-20/h1-11H,12-13H2,(H,25,29). The van der Waals surface area contributed by atoms with Crippen molar-refractivity contribution in [2.75, 3.05) is 0 Å². The lowest BCUT2D eigenvalue weighted by Gasteiger charge is -2.09. The zero-order valence-corrected chi connectivity index (χ0v) is 16.8. The van der Waals surface area contributed by atoms with E-state index in [1.54, 1.807) is 0 Å². The van der Waals surface area contributed by atoms with Gasteiger partial charge in [-0.15, -0.1) is 5.10 Å². The Kier molecular flexibility index (Phi) is 4.58. The number of aromatic nitrogens is 3. The summed E-state index contributed by atoms with van der Waals surface area (Å²) < 4.78 is 13.8. The summed E-state index contributed by atoms with van der Waals surface area (Å²) in [4.78, 5) is 0.271. The van der Waals surface area contributed by atoms with Crippen LogP contribution in [0.2, 0.25) is 5.02 Å². The van der Waals surface area contributed by atoms with Gasteiger partial charge < -0.3 is 13.7 Å². The molecule has 0 bridgehead atoms. The van der Waals surface area contributed by atoms with Crippen molar-refractivity contribution in [3.05, 3.63) is 88.0 Å². The van der Waals surface area contributed by atoms with Crippen LogP contribution in [-0.4, -0.2) is 14.8 Å². The second-order valence-electron chi connectivity index (χ2n) is 6.68. The number of hydrogen-bond donors (Lipinski definition) is 1. The highest BCUT2D eigenvalue weighted by Gasteiger charge is 2.16. The summed E-state index contributed by atoms with van der Waals surface area (Å²) in [6.07, 6.45) is 0. The summed E-state index contributed by atoms with van der Waals surface area (Å²) in [6, 6.07) is 22.0. The molecule has 2 aromatic heterocycles. The van der Waals surface area contributed by atoms with Crippen molar-refractivity contribution < 1.29 is 9.15 Å². The highest BCUT2D eigenvalue weighted by molar-refractivity contribution is 7.71. The molecular formula is C22H16ClN3O2S. The first kappa shape index (κ1) is 18.0. The maximum absolute atomic E-state index is 6.20. The van der Waals surface area contributed by atoms with Crippen LogP contribution in [0.4, 0.5) is 0 Å². The second-order valence-corrected chi connectivity index (χ2v) is 7.48. The van der Waals surface area contributed by atoms with Gasteiger partial charge in [0.1, 0.15) is 18.9 Å². The Labute approximate surface area is 176 Å². The molecule has 0 unspecified atom stereocenters. The van der Waals surface area contributed by atoms with E-state index >= 15 is 0 Å². The second kappa shape index (κ2) is 7.39. The topological polar surface area (TPSA) is 56.0 Å². The molecule has 0 fully saturated rings. The van der Waals surface area contributed by atoms with Crippen LogP contribution >= 0.6 is 23.8 Å². The smallest absolute Gasteiger partial charge is 0.284 e. The summed E-state index contributed by atoms with van der Waals surface area (Å²) in [7, 11) is 0.